The zero-order valence-corrected chi connectivity index (χ0v) is 14.8. The van der Waals surface area contributed by atoms with Gasteiger partial charge in [-0.1, -0.05) is 25.5 Å². The lowest BCUT2D eigenvalue weighted by atomic mass is 9.48. The van der Waals surface area contributed by atoms with E-state index in [9.17, 15) is 4.79 Å². The van der Waals surface area contributed by atoms with Gasteiger partial charge in [-0.2, -0.15) is 0 Å². The highest BCUT2D eigenvalue weighted by molar-refractivity contribution is 6.01. The number of ether oxygens (including phenoxy) is 2. The molecule has 130 valence electrons. The standard InChI is InChI=1S/C21H28O3/c1-19-8-5-15(22)13-14(19)3-4-16-17(19)6-9-20(2)18(16)7-10-21(20)23-11-12-24-21/h5,8,13,16-18H,3-4,6-7,9-12H2,1-2H3/t16-,17+,18+,19+,20+/m0/s1. The Bertz CT molecular complexity index is 641. The van der Waals surface area contributed by atoms with Crippen molar-refractivity contribution >= 4 is 5.78 Å². The highest BCUT2D eigenvalue weighted by atomic mass is 16.7. The number of hydrogen-bond donors (Lipinski definition) is 0. The highest BCUT2D eigenvalue weighted by Gasteiger charge is 2.66. The Kier molecular flexibility index (Phi) is 3.08. The van der Waals surface area contributed by atoms with Crippen molar-refractivity contribution in [2.24, 2.45) is 28.6 Å². The number of allylic oxidation sites excluding steroid dienone is 4. The van der Waals surface area contributed by atoms with Crippen LogP contribution < -0.4 is 0 Å². The normalized spacial score (nSPS) is 48.8. The van der Waals surface area contributed by atoms with E-state index in [2.05, 4.69) is 19.9 Å². The van der Waals surface area contributed by atoms with E-state index in [0.717, 1.165) is 32.0 Å². The first-order valence-corrected chi connectivity index (χ1v) is 9.71. The smallest absolute Gasteiger partial charge is 0.178 e. The van der Waals surface area contributed by atoms with E-state index < -0.39 is 0 Å². The largest absolute Gasteiger partial charge is 0.347 e. The molecular weight excluding hydrogens is 300 g/mol. The highest BCUT2D eigenvalue weighted by Crippen LogP contribution is 2.68. The molecule has 3 heteroatoms. The number of carbonyl (C=O) groups is 1. The minimum atomic E-state index is -0.308. The first-order valence-electron chi connectivity index (χ1n) is 9.71. The second-order valence-electron chi connectivity index (χ2n) is 9.05. The molecule has 0 amide bonds. The van der Waals surface area contributed by atoms with Crippen LogP contribution in [-0.2, 0) is 14.3 Å². The summed E-state index contributed by atoms with van der Waals surface area (Å²) in [5.41, 5.74) is 1.63. The van der Waals surface area contributed by atoms with Gasteiger partial charge >= 0.3 is 0 Å². The molecule has 1 aliphatic heterocycles. The van der Waals surface area contributed by atoms with Crippen molar-refractivity contribution in [2.75, 3.05) is 13.2 Å². The van der Waals surface area contributed by atoms with Crippen molar-refractivity contribution in [3.8, 4) is 0 Å². The minimum absolute atomic E-state index is 0.0886. The molecule has 0 bridgehead atoms. The van der Waals surface area contributed by atoms with Crippen molar-refractivity contribution < 1.29 is 14.3 Å². The van der Waals surface area contributed by atoms with Crippen LogP contribution >= 0.6 is 0 Å². The van der Waals surface area contributed by atoms with Crippen molar-refractivity contribution in [1.82, 2.24) is 0 Å². The molecule has 4 aliphatic carbocycles. The molecule has 3 nitrogen and oxygen atoms in total. The molecule has 5 aliphatic rings. The zero-order valence-electron chi connectivity index (χ0n) is 14.8. The van der Waals surface area contributed by atoms with Gasteiger partial charge in [0.15, 0.2) is 11.6 Å². The molecule has 0 aromatic rings. The van der Waals surface area contributed by atoms with Crippen LogP contribution in [0.5, 0.6) is 0 Å². The van der Waals surface area contributed by atoms with Gasteiger partial charge in [0.2, 0.25) is 0 Å². The van der Waals surface area contributed by atoms with Crippen molar-refractivity contribution in [3.05, 3.63) is 23.8 Å². The Morgan fingerprint density at radius 1 is 1.04 bits per heavy atom. The number of hydrogen-bond acceptors (Lipinski definition) is 3. The van der Waals surface area contributed by atoms with Gasteiger partial charge in [0.25, 0.3) is 0 Å². The lowest BCUT2D eigenvalue weighted by Crippen LogP contribution is -2.54. The van der Waals surface area contributed by atoms with Crippen LogP contribution in [0.2, 0.25) is 0 Å². The first kappa shape index (κ1) is 15.3. The second kappa shape index (κ2) is 4.82. The van der Waals surface area contributed by atoms with Crippen molar-refractivity contribution in [3.63, 3.8) is 0 Å². The zero-order chi connectivity index (χ0) is 16.6. The molecule has 3 saturated carbocycles. The predicted molar refractivity (Wildman–Crippen MR) is 91.3 cm³/mol. The lowest BCUT2D eigenvalue weighted by Gasteiger charge is -2.57. The van der Waals surface area contributed by atoms with E-state index in [0.29, 0.717) is 11.8 Å². The van der Waals surface area contributed by atoms with Crippen LogP contribution in [0.3, 0.4) is 0 Å². The Hall–Kier alpha value is -0.930. The van der Waals surface area contributed by atoms with Crippen LogP contribution in [0.1, 0.15) is 52.4 Å². The van der Waals surface area contributed by atoms with E-state index in [1.165, 1.54) is 31.3 Å². The Morgan fingerprint density at radius 2 is 1.79 bits per heavy atom. The van der Waals surface area contributed by atoms with Gasteiger partial charge in [0.05, 0.1) is 13.2 Å². The van der Waals surface area contributed by atoms with Crippen LogP contribution in [-0.4, -0.2) is 24.8 Å². The second-order valence-corrected chi connectivity index (χ2v) is 9.05. The summed E-state index contributed by atoms with van der Waals surface area (Å²) in [5.74, 6) is 1.96. The number of carbonyl (C=O) groups excluding carboxylic acids is 1. The molecule has 0 aromatic carbocycles. The van der Waals surface area contributed by atoms with Gasteiger partial charge < -0.3 is 9.47 Å². The fourth-order valence-corrected chi connectivity index (χ4v) is 7.08. The topological polar surface area (TPSA) is 35.5 Å². The summed E-state index contributed by atoms with van der Waals surface area (Å²) in [7, 11) is 0. The maximum atomic E-state index is 11.8. The molecule has 0 unspecified atom stereocenters. The molecule has 4 fully saturated rings. The average Bonchev–Trinajstić information content (AvgIpc) is 3.15. The summed E-state index contributed by atoms with van der Waals surface area (Å²) in [6, 6.07) is 0. The van der Waals surface area contributed by atoms with Gasteiger partial charge in [0.1, 0.15) is 0 Å². The number of fused-ring (bicyclic) bond motifs is 6. The third-order valence-corrected chi connectivity index (χ3v) is 8.35. The predicted octanol–water partition coefficient (Wildman–Crippen LogP) is 4.04. The van der Waals surface area contributed by atoms with Gasteiger partial charge in [-0.15, -0.1) is 0 Å². The van der Waals surface area contributed by atoms with Gasteiger partial charge in [-0.25, -0.2) is 0 Å². The SMILES string of the molecule is C[C@@]12C=CC(=O)C=C1CC[C@H]1[C@H]2CC[C@]2(C)[C@@H]1CCC21OCCO1. The van der Waals surface area contributed by atoms with Gasteiger partial charge in [-0.05, 0) is 62.0 Å². The van der Waals surface area contributed by atoms with Crippen LogP contribution in [0.25, 0.3) is 0 Å². The molecule has 1 heterocycles. The van der Waals surface area contributed by atoms with Gasteiger partial charge in [-0.3, -0.25) is 4.79 Å². The first-order chi connectivity index (χ1) is 11.5. The molecule has 0 radical (unpaired) electrons. The molecule has 0 N–H and O–H groups in total. The van der Waals surface area contributed by atoms with Gasteiger partial charge in [0, 0.05) is 17.3 Å². The molecule has 5 rings (SSSR count). The number of ketones is 1. The molecule has 0 aromatic heterocycles. The number of rotatable bonds is 0. The summed E-state index contributed by atoms with van der Waals surface area (Å²) in [5, 5.41) is 0. The van der Waals surface area contributed by atoms with Crippen molar-refractivity contribution in [2.45, 2.75) is 58.2 Å². The van der Waals surface area contributed by atoms with E-state index in [-0.39, 0.29) is 22.4 Å². The lowest BCUT2D eigenvalue weighted by molar-refractivity contribution is -0.241. The van der Waals surface area contributed by atoms with Crippen LogP contribution in [0.4, 0.5) is 0 Å². The maximum absolute atomic E-state index is 11.8. The Labute approximate surface area is 144 Å². The Balaban J connectivity index is 1.51. The average molecular weight is 328 g/mol. The summed E-state index contributed by atoms with van der Waals surface area (Å²) < 4.78 is 12.4. The minimum Gasteiger partial charge on any atom is -0.347 e. The van der Waals surface area contributed by atoms with Crippen molar-refractivity contribution in [1.29, 1.82) is 0 Å². The van der Waals surface area contributed by atoms with E-state index in [1.807, 2.05) is 6.08 Å². The summed E-state index contributed by atoms with van der Waals surface area (Å²) >= 11 is 0. The third kappa shape index (κ3) is 1.73. The quantitative estimate of drug-likeness (QED) is 0.673. The fraction of sp³-hybridized carbons (Fsp3) is 0.762. The fourth-order valence-electron chi connectivity index (χ4n) is 7.08. The van der Waals surface area contributed by atoms with E-state index in [1.54, 1.807) is 6.08 Å². The molecule has 5 atom stereocenters. The van der Waals surface area contributed by atoms with E-state index in [4.69, 9.17) is 9.47 Å². The summed E-state index contributed by atoms with van der Waals surface area (Å²) in [6.45, 7) is 6.31. The summed E-state index contributed by atoms with van der Waals surface area (Å²) in [6.07, 6.45) is 12.9. The third-order valence-electron chi connectivity index (χ3n) is 8.35. The molecular formula is C21H28O3. The monoisotopic (exact) mass is 328 g/mol. The molecule has 24 heavy (non-hydrogen) atoms. The Morgan fingerprint density at radius 3 is 2.58 bits per heavy atom. The molecule has 1 spiro atoms. The molecule has 1 saturated heterocycles. The maximum Gasteiger partial charge on any atom is 0.178 e. The van der Waals surface area contributed by atoms with Crippen LogP contribution in [0, 0.1) is 28.6 Å². The summed E-state index contributed by atoms with van der Waals surface area (Å²) in [4.78, 5) is 11.8. The van der Waals surface area contributed by atoms with Crippen LogP contribution in [0.15, 0.2) is 23.8 Å². The van der Waals surface area contributed by atoms with E-state index >= 15 is 0 Å².